The van der Waals surface area contributed by atoms with Crippen LogP contribution in [0.3, 0.4) is 0 Å². The molecule has 0 aromatic heterocycles. The monoisotopic (exact) mass is 220 g/mol. The van der Waals surface area contributed by atoms with Crippen LogP contribution in [-0.2, 0) is 9.59 Å². The van der Waals surface area contributed by atoms with E-state index in [1.165, 1.54) is 0 Å². The highest BCUT2D eigenvalue weighted by Gasteiger charge is 2.77. The zero-order valence-electron chi connectivity index (χ0n) is 10.6. The Morgan fingerprint density at radius 2 is 1.75 bits per heavy atom. The molecule has 0 aromatic carbocycles. The van der Waals surface area contributed by atoms with Crippen molar-refractivity contribution in [3.63, 3.8) is 0 Å². The number of hydrogen-bond acceptors (Lipinski definition) is 2. The van der Waals surface area contributed by atoms with E-state index in [-0.39, 0.29) is 28.1 Å². The summed E-state index contributed by atoms with van der Waals surface area (Å²) in [6, 6.07) is 0. The van der Waals surface area contributed by atoms with Crippen LogP contribution in [-0.4, -0.2) is 11.6 Å². The Labute approximate surface area is 96.8 Å². The summed E-state index contributed by atoms with van der Waals surface area (Å²) in [7, 11) is 0. The molecule has 0 unspecified atom stereocenters. The van der Waals surface area contributed by atoms with Crippen LogP contribution >= 0.6 is 0 Å². The summed E-state index contributed by atoms with van der Waals surface area (Å²) >= 11 is 0. The van der Waals surface area contributed by atoms with Gasteiger partial charge in [-0.25, -0.2) is 0 Å². The Morgan fingerprint density at radius 1 is 1.12 bits per heavy atom. The first kappa shape index (κ1) is 10.5. The van der Waals surface area contributed by atoms with Gasteiger partial charge in [-0.15, -0.1) is 0 Å². The fourth-order valence-electron chi connectivity index (χ4n) is 5.57. The van der Waals surface area contributed by atoms with E-state index in [0.29, 0.717) is 24.4 Å². The van der Waals surface area contributed by atoms with Crippen LogP contribution in [0.4, 0.5) is 0 Å². The summed E-state index contributed by atoms with van der Waals surface area (Å²) in [4.78, 5) is 24.4. The van der Waals surface area contributed by atoms with Crippen molar-refractivity contribution in [2.75, 3.05) is 0 Å². The van der Waals surface area contributed by atoms with E-state index in [9.17, 15) is 9.59 Å². The van der Waals surface area contributed by atoms with Gasteiger partial charge in [-0.3, -0.25) is 9.59 Å². The lowest BCUT2D eigenvalue weighted by Gasteiger charge is -2.42. The lowest BCUT2D eigenvalue weighted by Crippen LogP contribution is -2.45. The molecule has 0 N–H and O–H groups in total. The molecule has 0 saturated heterocycles. The molecule has 2 heteroatoms. The molecule has 16 heavy (non-hydrogen) atoms. The molecule has 0 aromatic rings. The number of ketones is 2. The first-order chi connectivity index (χ1) is 7.26. The molecular weight excluding hydrogens is 200 g/mol. The number of carbonyl (C=O) groups excluding carboxylic acids is 2. The molecular formula is C14H20O2. The highest BCUT2D eigenvalue weighted by molar-refractivity contribution is 5.96. The van der Waals surface area contributed by atoms with Crippen LogP contribution in [0, 0.1) is 28.1 Å². The van der Waals surface area contributed by atoms with Gasteiger partial charge in [-0.1, -0.05) is 27.7 Å². The highest BCUT2D eigenvalue weighted by Crippen LogP contribution is 2.76. The zero-order valence-corrected chi connectivity index (χ0v) is 10.6. The number of Topliss-reactive ketones (excluding diaryl/α,β-unsaturated/α-hetero) is 2. The second-order valence-electron chi connectivity index (χ2n) is 7.02. The number of carbonyl (C=O) groups is 2. The molecule has 88 valence electrons. The summed E-state index contributed by atoms with van der Waals surface area (Å²) in [6.07, 6.45) is 2.23. The van der Waals surface area contributed by atoms with Crippen LogP contribution in [0.5, 0.6) is 0 Å². The van der Waals surface area contributed by atoms with E-state index in [4.69, 9.17) is 0 Å². The average molecular weight is 220 g/mol. The molecule has 0 heterocycles. The maximum Gasteiger partial charge on any atom is 0.139 e. The Bertz CT molecular complexity index is 409. The van der Waals surface area contributed by atoms with E-state index >= 15 is 0 Å². The van der Waals surface area contributed by atoms with Gasteiger partial charge < -0.3 is 0 Å². The molecule has 2 bridgehead atoms. The molecule has 3 saturated carbocycles. The van der Waals surface area contributed by atoms with Gasteiger partial charge in [0.05, 0.1) is 0 Å². The van der Waals surface area contributed by atoms with Crippen LogP contribution < -0.4 is 0 Å². The van der Waals surface area contributed by atoms with Crippen molar-refractivity contribution in [2.45, 2.75) is 47.0 Å². The lowest BCUT2D eigenvalue weighted by atomic mass is 9.59. The number of rotatable bonds is 0. The first-order valence-electron chi connectivity index (χ1n) is 6.32. The SMILES string of the molecule is CC1(C)[C@H]2CC(=O)[C@@H]1[C@]1(C)CCC(=O)[C@@]21C. The Hall–Kier alpha value is -0.660. The van der Waals surface area contributed by atoms with Crippen molar-refractivity contribution in [1.29, 1.82) is 0 Å². The number of fused-ring (bicyclic) bond motifs is 5. The molecule has 3 fully saturated rings. The molecule has 0 radical (unpaired) electrons. The van der Waals surface area contributed by atoms with E-state index in [2.05, 4.69) is 27.7 Å². The van der Waals surface area contributed by atoms with E-state index < -0.39 is 0 Å². The topological polar surface area (TPSA) is 34.1 Å². The second kappa shape index (κ2) is 2.44. The summed E-state index contributed by atoms with van der Waals surface area (Å²) in [5.74, 6) is 1.20. The van der Waals surface area contributed by atoms with Gasteiger partial charge in [-0.05, 0) is 23.2 Å². The molecule has 0 amide bonds. The third-order valence-corrected chi connectivity index (χ3v) is 6.34. The van der Waals surface area contributed by atoms with Gasteiger partial charge in [0, 0.05) is 24.2 Å². The van der Waals surface area contributed by atoms with Crippen molar-refractivity contribution >= 4 is 11.6 Å². The standard InChI is InChI=1S/C14H20O2/c1-12(2)9-7-8(15)11(12)13(3)6-5-10(16)14(9,13)4/h9,11H,5-7H2,1-4H3/t9-,11+,13+,14-/m1/s1. The van der Waals surface area contributed by atoms with Crippen LogP contribution in [0.2, 0.25) is 0 Å². The van der Waals surface area contributed by atoms with Gasteiger partial charge in [0.1, 0.15) is 11.6 Å². The molecule has 3 rings (SSSR count). The van der Waals surface area contributed by atoms with Gasteiger partial charge in [-0.2, -0.15) is 0 Å². The quantitative estimate of drug-likeness (QED) is 0.629. The predicted octanol–water partition coefficient (Wildman–Crippen LogP) is 2.61. The fourth-order valence-corrected chi connectivity index (χ4v) is 5.57. The minimum atomic E-state index is -0.227. The summed E-state index contributed by atoms with van der Waals surface area (Å²) in [5, 5.41) is 0. The third kappa shape index (κ3) is 0.742. The van der Waals surface area contributed by atoms with E-state index in [1.54, 1.807) is 0 Å². The smallest absolute Gasteiger partial charge is 0.139 e. The maximum atomic E-state index is 12.3. The fraction of sp³-hybridized carbons (Fsp3) is 0.857. The summed E-state index contributed by atoms with van der Waals surface area (Å²) < 4.78 is 0. The Balaban J connectivity index is 2.24. The van der Waals surface area contributed by atoms with Crippen LogP contribution in [0.1, 0.15) is 47.0 Å². The summed E-state index contributed by atoms with van der Waals surface area (Å²) in [5.41, 5.74) is -0.265. The normalized spacial score (nSPS) is 53.5. The number of hydrogen-bond donors (Lipinski definition) is 0. The lowest BCUT2D eigenvalue weighted by molar-refractivity contribution is -0.138. The van der Waals surface area contributed by atoms with Crippen LogP contribution in [0.25, 0.3) is 0 Å². The molecule has 2 nitrogen and oxygen atoms in total. The Kier molecular flexibility index (Phi) is 1.60. The van der Waals surface area contributed by atoms with Gasteiger partial charge >= 0.3 is 0 Å². The average Bonchev–Trinajstić information content (AvgIpc) is 2.59. The maximum absolute atomic E-state index is 12.3. The minimum absolute atomic E-state index is 0.0245. The Morgan fingerprint density at radius 3 is 2.38 bits per heavy atom. The first-order valence-corrected chi connectivity index (χ1v) is 6.32. The predicted molar refractivity (Wildman–Crippen MR) is 60.8 cm³/mol. The van der Waals surface area contributed by atoms with Crippen molar-refractivity contribution in [3.8, 4) is 0 Å². The molecule has 3 aliphatic rings. The molecule has 0 aliphatic heterocycles. The second-order valence-corrected chi connectivity index (χ2v) is 7.02. The van der Waals surface area contributed by atoms with E-state index in [0.717, 1.165) is 6.42 Å². The molecule has 4 atom stereocenters. The molecule has 3 aliphatic carbocycles. The van der Waals surface area contributed by atoms with Gasteiger partial charge in [0.2, 0.25) is 0 Å². The van der Waals surface area contributed by atoms with Crippen LogP contribution in [0.15, 0.2) is 0 Å². The highest BCUT2D eigenvalue weighted by atomic mass is 16.1. The van der Waals surface area contributed by atoms with Gasteiger partial charge in [0.15, 0.2) is 0 Å². The van der Waals surface area contributed by atoms with Crippen molar-refractivity contribution < 1.29 is 9.59 Å². The molecule has 0 spiro atoms. The van der Waals surface area contributed by atoms with E-state index in [1.807, 2.05) is 0 Å². The zero-order chi connectivity index (χ0) is 11.9. The van der Waals surface area contributed by atoms with Crippen molar-refractivity contribution in [1.82, 2.24) is 0 Å². The summed E-state index contributed by atoms with van der Waals surface area (Å²) in [6.45, 7) is 8.69. The minimum Gasteiger partial charge on any atom is -0.299 e. The van der Waals surface area contributed by atoms with Crippen molar-refractivity contribution in [3.05, 3.63) is 0 Å². The van der Waals surface area contributed by atoms with Gasteiger partial charge in [0.25, 0.3) is 0 Å². The van der Waals surface area contributed by atoms with Crippen molar-refractivity contribution in [2.24, 2.45) is 28.1 Å². The third-order valence-electron chi connectivity index (χ3n) is 6.34. The largest absolute Gasteiger partial charge is 0.299 e.